The molecule has 6 nitrogen and oxygen atoms in total. The van der Waals surface area contributed by atoms with Crippen molar-refractivity contribution in [1.29, 1.82) is 0 Å². The monoisotopic (exact) mass is 438 g/mol. The van der Waals surface area contributed by atoms with Gasteiger partial charge in [-0.1, -0.05) is 29.3 Å². The molecule has 1 aliphatic heterocycles. The first-order valence-corrected chi connectivity index (χ1v) is 9.97. The van der Waals surface area contributed by atoms with Crippen LogP contribution >= 0.6 is 35.0 Å². The van der Waals surface area contributed by atoms with Gasteiger partial charge in [-0.2, -0.15) is 0 Å². The van der Waals surface area contributed by atoms with Crippen molar-refractivity contribution in [2.45, 2.75) is 30.1 Å². The van der Waals surface area contributed by atoms with Crippen molar-refractivity contribution in [3.8, 4) is 0 Å². The number of carbonyl (C=O) groups is 3. The second-order valence-electron chi connectivity index (χ2n) is 6.10. The molecule has 2 N–H and O–H groups in total. The Labute approximate surface area is 175 Å². The van der Waals surface area contributed by atoms with Gasteiger partial charge in [0.05, 0.1) is 32.2 Å². The maximum Gasteiger partial charge on any atom is 0.338 e. The lowest BCUT2D eigenvalue weighted by Gasteiger charge is -2.22. The molecule has 2 aromatic rings. The van der Waals surface area contributed by atoms with E-state index in [1.54, 1.807) is 37.3 Å². The van der Waals surface area contributed by atoms with Crippen molar-refractivity contribution in [3.05, 3.63) is 52.0 Å². The van der Waals surface area contributed by atoms with Crippen LogP contribution < -0.4 is 10.6 Å². The van der Waals surface area contributed by atoms with E-state index in [1.807, 2.05) is 0 Å². The molecule has 0 fully saturated rings. The van der Waals surface area contributed by atoms with Crippen molar-refractivity contribution in [3.63, 3.8) is 0 Å². The maximum atomic E-state index is 12.4. The first-order valence-electron chi connectivity index (χ1n) is 8.33. The van der Waals surface area contributed by atoms with Crippen LogP contribution in [0.3, 0.4) is 0 Å². The highest BCUT2D eigenvalue weighted by molar-refractivity contribution is 8.00. The van der Waals surface area contributed by atoms with Crippen LogP contribution in [-0.4, -0.2) is 29.1 Å². The molecule has 2 unspecified atom stereocenters. The molecule has 0 radical (unpaired) electrons. The van der Waals surface area contributed by atoms with E-state index < -0.39 is 18.0 Å². The Kier molecular flexibility index (Phi) is 6.17. The maximum absolute atomic E-state index is 12.4. The number of hydrogen-bond donors (Lipinski definition) is 2. The van der Waals surface area contributed by atoms with Gasteiger partial charge in [-0.05, 0) is 44.2 Å². The van der Waals surface area contributed by atoms with Gasteiger partial charge in [-0.25, -0.2) is 4.79 Å². The Balaban J connectivity index is 1.67. The SMILES string of the molecule is CC(OC(=O)c1ccc2c(c1)NC(=O)C(C)S2)C(=O)Nc1cccc(Cl)c1Cl. The summed E-state index contributed by atoms with van der Waals surface area (Å²) in [7, 11) is 0. The van der Waals surface area contributed by atoms with E-state index in [9.17, 15) is 14.4 Å². The molecule has 0 aliphatic carbocycles. The Morgan fingerprint density at radius 1 is 1.25 bits per heavy atom. The molecule has 9 heteroatoms. The molecule has 0 saturated carbocycles. The fraction of sp³-hybridized carbons (Fsp3) is 0.211. The van der Waals surface area contributed by atoms with Crippen LogP contribution in [0.15, 0.2) is 41.3 Å². The highest BCUT2D eigenvalue weighted by atomic mass is 35.5. The third kappa shape index (κ3) is 4.43. The van der Waals surface area contributed by atoms with Crippen LogP contribution in [-0.2, 0) is 14.3 Å². The van der Waals surface area contributed by atoms with Crippen LogP contribution in [0.5, 0.6) is 0 Å². The molecule has 1 heterocycles. The summed E-state index contributed by atoms with van der Waals surface area (Å²) in [6.07, 6.45) is -1.07. The lowest BCUT2D eigenvalue weighted by molar-refractivity contribution is -0.123. The number of benzene rings is 2. The summed E-state index contributed by atoms with van der Waals surface area (Å²) in [5.41, 5.74) is 1.10. The number of anilines is 2. The molecule has 0 bridgehead atoms. The molecule has 28 heavy (non-hydrogen) atoms. The van der Waals surface area contributed by atoms with E-state index in [0.717, 1.165) is 4.90 Å². The average molecular weight is 439 g/mol. The van der Waals surface area contributed by atoms with Crippen LogP contribution in [0.25, 0.3) is 0 Å². The number of amides is 2. The van der Waals surface area contributed by atoms with Crippen LogP contribution in [0, 0.1) is 0 Å². The molecule has 2 amide bonds. The first kappa shape index (κ1) is 20.5. The summed E-state index contributed by atoms with van der Waals surface area (Å²) in [5, 5.41) is 5.63. The third-order valence-electron chi connectivity index (χ3n) is 4.01. The average Bonchev–Trinajstić information content (AvgIpc) is 2.65. The first-order chi connectivity index (χ1) is 13.3. The Morgan fingerprint density at radius 3 is 2.75 bits per heavy atom. The molecule has 2 atom stereocenters. The van der Waals surface area contributed by atoms with Crippen LogP contribution in [0.4, 0.5) is 11.4 Å². The number of rotatable bonds is 4. The van der Waals surface area contributed by atoms with Gasteiger partial charge in [0.15, 0.2) is 6.10 Å². The zero-order chi connectivity index (χ0) is 20.4. The van der Waals surface area contributed by atoms with Gasteiger partial charge in [-0.3, -0.25) is 9.59 Å². The highest BCUT2D eigenvalue weighted by Gasteiger charge is 2.25. The minimum Gasteiger partial charge on any atom is -0.449 e. The minimum atomic E-state index is -1.07. The fourth-order valence-electron chi connectivity index (χ4n) is 2.45. The smallest absolute Gasteiger partial charge is 0.338 e. The van der Waals surface area contributed by atoms with Crippen LogP contribution in [0.1, 0.15) is 24.2 Å². The minimum absolute atomic E-state index is 0.130. The third-order valence-corrected chi connectivity index (χ3v) is 6.01. The fourth-order valence-corrected chi connectivity index (χ4v) is 3.73. The predicted octanol–water partition coefficient (Wildman–Crippen LogP) is 4.61. The number of hydrogen-bond acceptors (Lipinski definition) is 5. The Bertz CT molecular complexity index is 967. The van der Waals surface area contributed by atoms with E-state index in [1.165, 1.54) is 24.8 Å². The number of halogens is 2. The lowest BCUT2D eigenvalue weighted by Crippen LogP contribution is -2.30. The summed E-state index contributed by atoms with van der Waals surface area (Å²) < 4.78 is 5.23. The molecule has 0 saturated heterocycles. The van der Waals surface area contributed by atoms with Gasteiger partial charge in [0.2, 0.25) is 5.91 Å². The summed E-state index contributed by atoms with van der Waals surface area (Å²) in [6.45, 7) is 3.25. The number of ether oxygens (including phenoxy) is 1. The van der Waals surface area contributed by atoms with Crippen molar-refractivity contribution >= 4 is 64.1 Å². The Morgan fingerprint density at radius 2 is 2.00 bits per heavy atom. The molecular formula is C19H16Cl2N2O4S. The summed E-state index contributed by atoms with van der Waals surface area (Å²) in [6, 6.07) is 9.69. The number of carbonyl (C=O) groups excluding carboxylic acids is 3. The summed E-state index contributed by atoms with van der Waals surface area (Å²) in [5.74, 6) is -1.36. The van der Waals surface area contributed by atoms with Gasteiger partial charge in [0, 0.05) is 4.90 Å². The molecule has 0 spiro atoms. The summed E-state index contributed by atoms with van der Waals surface area (Å²) >= 11 is 13.4. The van der Waals surface area contributed by atoms with Crippen molar-refractivity contribution in [2.24, 2.45) is 0 Å². The highest BCUT2D eigenvalue weighted by Crippen LogP contribution is 2.36. The molecule has 2 aromatic carbocycles. The van der Waals surface area contributed by atoms with Gasteiger partial charge in [0.1, 0.15) is 0 Å². The van der Waals surface area contributed by atoms with Gasteiger partial charge in [-0.15, -0.1) is 11.8 Å². The number of fused-ring (bicyclic) bond motifs is 1. The standard InChI is InChI=1S/C19H16Cl2N2O4S/c1-9(17(24)22-13-5-3-4-12(20)16(13)21)27-19(26)11-6-7-15-14(8-11)23-18(25)10(2)28-15/h3-10H,1-2H3,(H,22,24)(H,23,25). The van der Waals surface area contributed by atoms with E-state index in [2.05, 4.69) is 10.6 Å². The second kappa shape index (κ2) is 8.43. The topological polar surface area (TPSA) is 84.5 Å². The van der Waals surface area contributed by atoms with Crippen LogP contribution in [0.2, 0.25) is 10.0 Å². The normalized spacial score (nSPS) is 16.6. The van der Waals surface area contributed by atoms with Crippen molar-refractivity contribution < 1.29 is 19.1 Å². The van der Waals surface area contributed by atoms with E-state index >= 15 is 0 Å². The van der Waals surface area contributed by atoms with Gasteiger partial charge >= 0.3 is 5.97 Å². The molecular weight excluding hydrogens is 423 g/mol. The number of nitrogens with one attached hydrogen (secondary N) is 2. The lowest BCUT2D eigenvalue weighted by atomic mass is 10.2. The second-order valence-corrected chi connectivity index (χ2v) is 8.27. The van der Waals surface area contributed by atoms with Crippen molar-refractivity contribution in [2.75, 3.05) is 10.6 Å². The number of esters is 1. The predicted molar refractivity (Wildman–Crippen MR) is 110 cm³/mol. The quantitative estimate of drug-likeness (QED) is 0.680. The molecule has 3 rings (SSSR count). The van der Waals surface area contributed by atoms with E-state index in [4.69, 9.17) is 27.9 Å². The zero-order valence-electron chi connectivity index (χ0n) is 14.9. The van der Waals surface area contributed by atoms with E-state index in [0.29, 0.717) is 16.4 Å². The number of thioether (sulfide) groups is 1. The largest absolute Gasteiger partial charge is 0.449 e. The van der Waals surface area contributed by atoms with Gasteiger partial charge in [0.25, 0.3) is 5.91 Å². The van der Waals surface area contributed by atoms with Gasteiger partial charge < -0.3 is 15.4 Å². The van der Waals surface area contributed by atoms with E-state index in [-0.39, 0.29) is 21.7 Å². The molecule has 146 valence electrons. The Hall–Kier alpha value is -2.22. The molecule has 1 aliphatic rings. The molecule has 0 aromatic heterocycles. The summed E-state index contributed by atoms with van der Waals surface area (Å²) in [4.78, 5) is 37.4. The zero-order valence-corrected chi connectivity index (χ0v) is 17.2. The van der Waals surface area contributed by atoms with Crippen molar-refractivity contribution in [1.82, 2.24) is 0 Å².